The number of halogens is 3. The van der Waals surface area contributed by atoms with E-state index in [9.17, 15) is 18.0 Å². The van der Waals surface area contributed by atoms with Crippen LogP contribution < -0.4 is 10.3 Å². The maximum atomic E-state index is 12.5. The van der Waals surface area contributed by atoms with Crippen LogP contribution in [0.1, 0.15) is 0 Å². The normalized spacial score (nSPS) is 11.3. The standard InChI is InChI=1S/C16H11F3N4O2/c17-16(18,19)10-23-14(24)9-21-15(22-23)11-3-5-12(6-4-11)25-13-2-1-7-20-8-13/h1-9H,10H2. The molecule has 0 aliphatic carbocycles. The number of pyridine rings is 1. The highest BCUT2D eigenvalue weighted by molar-refractivity contribution is 5.55. The summed E-state index contributed by atoms with van der Waals surface area (Å²) in [6.45, 7) is -1.47. The van der Waals surface area contributed by atoms with E-state index in [1.54, 1.807) is 48.8 Å². The summed E-state index contributed by atoms with van der Waals surface area (Å²) in [6, 6.07) is 9.86. The lowest BCUT2D eigenvalue weighted by Gasteiger charge is -2.09. The van der Waals surface area contributed by atoms with Gasteiger partial charge in [0, 0.05) is 11.8 Å². The number of nitrogens with zero attached hydrogens (tertiary/aromatic N) is 4. The predicted octanol–water partition coefficient (Wildman–Crippen LogP) is 3.05. The van der Waals surface area contributed by atoms with Crippen LogP contribution in [0.2, 0.25) is 0 Å². The lowest BCUT2D eigenvalue weighted by molar-refractivity contribution is -0.143. The molecule has 3 rings (SSSR count). The van der Waals surface area contributed by atoms with Gasteiger partial charge in [-0.1, -0.05) is 0 Å². The van der Waals surface area contributed by atoms with Crippen molar-refractivity contribution in [3.05, 3.63) is 65.3 Å². The summed E-state index contributed by atoms with van der Waals surface area (Å²) in [5.74, 6) is 1.07. The molecule has 9 heteroatoms. The molecule has 0 spiro atoms. The molecule has 0 saturated heterocycles. The maximum Gasteiger partial charge on any atom is 0.408 e. The zero-order valence-electron chi connectivity index (χ0n) is 12.6. The second kappa shape index (κ2) is 6.71. The van der Waals surface area contributed by atoms with E-state index < -0.39 is 18.3 Å². The second-order valence-corrected chi connectivity index (χ2v) is 5.01. The van der Waals surface area contributed by atoms with Crippen molar-refractivity contribution in [2.75, 3.05) is 0 Å². The molecule has 0 bridgehead atoms. The van der Waals surface area contributed by atoms with Crippen LogP contribution >= 0.6 is 0 Å². The molecule has 0 radical (unpaired) electrons. The van der Waals surface area contributed by atoms with Crippen LogP contribution in [0.15, 0.2) is 59.8 Å². The third-order valence-corrected chi connectivity index (χ3v) is 3.08. The predicted molar refractivity (Wildman–Crippen MR) is 82.1 cm³/mol. The van der Waals surface area contributed by atoms with Gasteiger partial charge in [0.05, 0.1) is 12.4 Å². The zero-order chi connectivity index (χ0) is 17.9. The van der Waals surface area contributed by atoms with Crippen molar-refractivity contribution in [2.45, 2.75) is 12.7 Å². The molecule has 2 heterocycles. The van der Waals surface area contributed by atoms with Gasteiger partial charge < -0.3 is 4.74 Å². The average molecular weight is 348 g/mol. The van der Waals surface area contributed by atoms with E-state index in [-0.39, 0.29) is 5.82 Å². The van der Waals surface area contributed by atoms with Crippen molar-refractivity contribution in [3.63, 3.8) is 0 Å². The number of ether oxygens (including phenoxy) is 1. The third kappa shape index (κ3) is 4.40. The molecule has 0 aliphatic rings. The Morgan fingerprint density at radius 2 is 1.80 bits per heavy atom. The SMILES string of the molecule is O=c1cnc(-c2ccc(Oc3cccnc3)cc2)nn1CC(F)(F)F. The number of alkyl halides is 3. The fraction of sp³-hybridized carbons (Fsp3) is 0.125. The Labute approximate surface area is 139 Å². The Kier molecular flexibility index (Phi) is 4.46. The summed E-state index contributed by atoms with van der Waals surface area (Å²) in [4.78, 5) is 19.2. The van der Waals surface area contributed by atoms with E-state index in [0.717, 1.165) is 6.20 Å². The number of aromatic nitrogens is 4. The van der Waals surface area contributed by atoms with Crippen LogP contribution in [0.4, 0.5) is 13.2 Å². The first-order chi connectivity index (χ1) is 11.9. The fourth-order valence-corrected chi connectivity index (χ4v) is 2.00. The van der Waals surface area contributed by atoms with Crippen molar-refractivity contribution in [2.24, 2.45) is 0 Å². The third-order valence-electron chi connectivity index (χ3n) is 3.08. The first-order valence-electron chi connectivity index (χ1n) is 7.10. The molecule has 2 aromatic heterocycles. The molecule has 25 heavy (non-hydrogen) atoms. The highest BCUT2D eigenvalue weighted by atomic mass is 19.4. The molecule has 3 aromatic rings. The number of hydrogen-bond donors (Lipinski definition) is 0. The Morgan fingerprint density at radius 3 is 2.44 bits per heavy atom. The summed E-state index contributed by atoms with van der Waals surface area (Å²) >= 11 is 0. The molecule has 128 valence electrons. The Morgan fingerprint density at radius 1 is 1.04 bits per heavy atom. The zero-order valence-corrected chi connectivity index (χ0v) is 12.6. The second-order valence-electron chi connectivity index (χ2n) is 5.01. The molecule has 0 aliphatic heterocycles. The Balaban J connectivity index is 1.82. The topological polar surface area (TPSA) is 69.9 Å². The van der Waals surface area contributed by atoms with Crippen molar-refractivity contribution in [1.29, 1.82) is 0 Å². The van der Waals surface area contributed by atoms with Crippen LogP contribution in [0.5, 0.6) is 11.5 Å². The molecule has 0 atom stereocenters. The number of benzene rings is 1. The maximum absolute atomic E-state index is 12.5. The van der Waals surface area contributed by atoms with Gasteiger partial charge in [0.25, 0.3) is 5.56 Å². The van der Waals surface area contributed by atoms with Gasteiger partial charge in [0.2, 0.25) is 0 Å². The van der Waals surface area contributed by atoms with Gasteiger partial charge in [-0.05, 0) is 36.4 Å². The summed E-state index contributed by atoms with van der Waals surface area (Å²) in [7, 11) is 0. The molecule has 0 N–H and O–H groups in total. The van der Waals surface area contributed by atoms with Crippen LogP contribution in [-0.4, -0.2) is 25.9 Å². The largest absolute Gasteiger partial charge is 0.456 e. The summed E-state index contributed by atoms with van der Waals surface area (Å²) in [5, 5.41) is 3.66. The van der Waals surface area contributed by atoms with Gasteiger partial charge in [-0.15, -0.1) is 5.10 Å². The van der Waals surface area contributed by atoms with Crippen LogP contribution in [0.3, 0.4) is 0 Å². The Hall–Kier alpha value is -3.23. The van der Waals surface area contributed by atoms with Gasteiger partial charge in [0.1, 0.15) is 18.0 Å². The lowest BCUT2D eigenvalue weighted by atomic mass is 10.2. The van der Waals surface area contributed by atoms with Crippen molar-refractivity contribution >= 4 is 0 Å². The van der Waals surface area contributed by atoms with E-state index in [0.29, 0.717) is 21.7 Å². The van der Waals surface area contributed by atoms with E-state index in [1.165, 1.54) is 0 Å². The minimum Gasteiger partial charge on any atom is -0.456 e. The number of hydrogen-bond acceptors (Lipinski definition) is 5. The van der Waals surface area contributed by atoms with E-state index >= 15 is 0 Å². The van der Waals surface area contributed by atoms with Crippen LogP contribution in [-0.2, 0) is 6.54 Å². The van der Waals surface area contributed by atoms with Gasteiger partial charge in [-0.25, -0.2) is 9.67 Å². The van der Waals surface area contributed by atoms with E-state index in [4.69, 9.17) is 4.74 Å². The van der Waals surface area contributed by atoms with Gasteiger partial charge >= 0.3 is 6.18 Å². The molecule has 0 amide bonds. The molecule has 6 nitrogen and oxygen atoms in total. The van der Waals surface area contributed by atoms with Gasteiger partial charge in [-0.2, -0.15) is 13.2 Å². The lowest BCUT2D eigenvalue weighted by Crippen LogP contribution is -2.30. The minimum absolute atomic E-state index is 0.0109. The first kappa shape index (κ1) is 16.6. The van der Waals surface area contributed by atoms with Gasteiger partial charge in [-0.3, -0.25) is 9.78 Å². The van der Waals surface area contributed by atoms with Crippen LogP contribution in [0, 0.1) is 0 Å². The van der Waals surface area contributed by atoms with E-state index in [2.05, 4.69) is 15.1 Å². The summed E-state index contributed by atoms with van der Waals surface area (Å²) in [5.41, 5.74) is -0.466. The highest BCUT2D eigenvalue weighted by Crippen LogP contribution is 2.23. The van der Waals surface area contributed by atoms with Gasteiger partial charge in [0.15, 0.2) is 5.82 Å². The molecule has 1 aromatic carbocycles. The van der Waals surface area contributed by atoms with Crippen molar-refractivity contribution in [3.8, 4) is 22.9 Å². The minimum atomic E-state index is -4.54. The molecule has 0 fully saturated rings. The Bertz CT molecular complexity index is 909. The van der Waals surface area contributed by atoms with Crippen LogP contribution in [0.25, 0.3) is 11.4 Å². The molecular formula is C16H11F3N4O2. The quantitative estimate of drug-likeness (QED) is 0.725. The molecular weight excluding hydrogens is 337 g/mol. The van der Waals surface area contributed by atoms with Crippen molar-refractivity contribution < 1.29 is 17.9 Å². The monoisotopic (exact) mass is 348 g/mol. The summed E-state index contributed by atoms with van der Waals surface area (Å²) in [6.07, 6.45) is -0.571. The van der Waals surface area contributed by atoms with E-state index in [1.807, 2.05) is 0 Å². The molecule has 0 saturated carbocycles. The smallest absolute Gasteiger partial charge is 0.408 e. The first-order valence-corrected chi connectivity index (χ1v) is 7.10. The highest BCUT2D eigenvalue weighted by Gasteiger charge is 2.29. The summed E-state index contributed by atoms with van der Waals surface area (Å²) < 4.78 is 43.3. The molecule has 0 unspecified atom stereocenters. The average Bonchev–Trinajstić information content (AvgIpc) is 2.57. The van der Waals surface area contributed by atoms with Crippen molar-refractivity contribution in [1.82, 2.24) is 19.7 Å². The number of rotatable bonds is 4. The fourth-order valence-electron chi connectivity index (χ4n) is 2.00.